The fourth-order valence-electron chi connectivity index (χ4n) is 2.01. The van der Waals surface area contributed by atoms with Gasteiger partial charge in [-0.3, -0.25) is 4.79 Å². The second-order valence-electron chi connectivity index (χ2n) is 5.57. The number of ketones is 1. The minimum atomic E-state index is -0.616. The highest BCUT2D eigenvalue weighted by atomic mass is 16.1. The van der Waals surface area contributed by atoms with Gasteiger partial charge < -0.3 is 0 Å². The Balaban J connectivity index is 2.86. The first-order valence-electron chi connectivity index (χ1n) is 7.01. The zero-order valence-corrected chi connectivity index (χ0v) is 12.3. The molecule has 0 N–H and O–H groups in total. The minimum Gasteiger partial charge on any atom is -0.298 e. The molecule has 1 rings (SSSR count). The largest absolute Gasteiger partial charge is 0.298 e. The number of hydrogen-bond donors (Lipinski definition) is 0. The molecule has 0 aromatic heterocycles. The Morgan fingerprint density at radius 2 is 1.68 bits per heavy atom. The first-order chi connectivity index (χ1) is 8.99. The normalized spacial score (nSPS) is 13.9. The van der Waals surface area contributed by atoms with E-state index in [2.05, 4.69) is 26.8 Å². The van der Waals surface area contributed by atoms with Gasteiger partial charge in [-0.05, 0) is 23.0 Å². The van der Waals surface area contributed by atoms with Gasteiger partial charge in [-0.25, -0.2) is 0 Å². The number of nitrogens with zero attached hydrogens (tertiary/aromatic N) is 1. The van der Waals surface area contributed by atoms with E-state index >= 15 is 0 Å². The second-order valence-corrected chi connectivity index (χ2v) is 5.57. The molecule has 0 radical (unpaired) electrons. The Morgan fingerprint density at radius 3 is 2.11 bits per heavy atom. The maximum atomic E-state index is 12.1. The molecule has 0 aliphatic carbocycles. The molecule has 2 heteroatoms. The molecule has 1 aromatic rings. The number of hydrogen-bond acceptors (Lipinski definition) is 2. The summed E-state index contributed by atoms with van der Waals surface area (Å²) in [5.74, 6) is 0.230. The van der Waals surface area contributed by atoms with Crippen molar-refractivity contribution in [2.24, 2.45) is 5.92 Å². The Hall–Kier alpha value is -1.62. The summed E-state index contributed by atoms with van der Waals surface area (Å²) in [6.45, 7) is 8.38. The average molecular weight is 257 g/mol. The molecule has 0 aliphatic rings. The van der Waals surface area contributed by atoms with Gasteiger partial charge in [0.1, 0.15) is 5.92 Å². The molecule has 19 heavy (non-hydrogen) atoms. The van der Waals surface area contributed by atoms with E-state index in [4.69, 9.17) is 0 Å². The predicted octanol–water partition coefficient (Wildman–Crippen LogP) is 4.42. The van der Waals surface area contributed by atoms with E-state index in [1.165, 1.54) is 5.56 Å². The maximum absolute atomic E-state index is 12.1. The molecule has 0 fully saturated rings. The summed E-state index contributed by atoms with van der Waals surface area (Å²) in [5.41, 5.74) is 2.05. The summed E-state index contributed by atoms with van der Waals surface area (Å²) in [6, 6.07) is 10.0. The van der Waals surface area contributed by atoms with Crippen LogP contribution in [0.4, 0.5) is 0 Å². The molecule has 0 aliphatic heterocycles. The third kappa shape index (κ3) is 4.21. The lowest BCUT2D eigenvalue weighted by Crippen LogP contribution is -2.14. The molecular weight excluding hydrogens is 234 g/mol. The highest BCUT2D eigenvalue weighted by Crippen LogP contribution is 2.23. The third-order valence-electron chi connectivity index (χ3n) is 3.63. The van der Waals surface area contributed by atoms with Gasteiger partial charge in [0, 0.05) is 6.42 Å². The van der Waals surface area contributed by atoms with E-state index < -0.39 is 5.92 Å². The van der Waals surface area contributed by atoms with Crippen LogP contribution in [0, 0.1) is 17.2 Å². The van der Waals surface area contributed by atoms with Gasteiger partial charge in [0.25, 0.3) is 0 Å². The van der Waals surface area contributed by atoms with Crippen molar-refractivity contribution in [3.63, 3.8) is 0 Å². The van der Waals surface area contributed by atoms with Crippen LogP contribution in [0.1, 0.15) is 63.5 Å². The summed E-state index contributed by atoms with van der Waals surface area (Å²) in [4.78, 5) is 12.1. The quantitative estimate of drug-likeness (QED) is 0.756. The van der Waals surface area contributed by atoms with Crippen LogP contribution in [0.15, 0.2) is 24.3 Å². The summed E-state index contributed by atoms with van der Waals surface area (Å²) in [6.07, 6.45) is 1.46. The van der Waals surface area contributed by atoms with E-state index in [9.17, 15) is 10.1 Å². The van der Waals surface area contributed by atoms with Crippen molar-refractivity contribution < 1.29 is 4.79 Å². The van der Waals surface area contributed by atoms with Crippen molar-refractivity contribution in [3.05, 3.63) is 35.4 Å². The van der Waals surface area contributed by atoms with Gasteiger partial charge in [0.05, 0.1) is 6.07 Å². The highest BCUT2D eigenvalue weighted by molar-refractivity contribution is 5.88. The molecule has 0 amide bonds. The van der Waals surface area contributed by atoms with Crippen LogP contribution in [0.5, 0.6) is 0 Å². The molecule has 0 saturated carbocycles. The van der Waals surface area contributed by atoms with E-state index in [-0.39, 0.29) is 5.78 Å². The molecule has 0 spiro atoms. The van der Waals surface area contributed by atoms with Crippen LogP contribution in [0.25, 0.3) is 0 Å². The van der Waals surface area contributed by atoms with Crippen molar-refractivity contribution in [1.82, 2.24) is 0 Å². The van der Waals surface area contributed by atoms with E-state index in [0.717, 1.165) is 12.0 Å². The van der Waals surface area contributed by atoms with Crippen molar-refractivity contribution in [3.8, 4) is 6.07 Å². The lowest BCUT2D eigenvalue weighted by atomic mass is 9.89. The topological polar surface area (TPSA) is 40.9 Å². The SMILES string of the molecule is CCC(C)CC(=O)C(C#N)c1ccc(C(C)C)cc1. The van der Waals surface area contributed by atoms with Crippen LogP contribution in [-0.4, -0.2) is 5.78 Å². The zero-order chi connectivity index (χ0) is 14.4. The van der Waals surface area contributed by atoms with Gasteiger partial charge in [-0.1, -0.05) is 58.4 Å². The van der Waals surface area contributed by atoms with Crippen molar-refractivity contribution in [2.45, 2.75) is 52.4 Å². The summed E-state index contributed by atoms with van der Waals surface area (Å²) in [5, 5.41) is 9.24. The van der Waals surface area contributed by atoms with Crippen LogP contribution >= 0.6 is 0 Å². The van der Waals surface area contributed by atoms with E-state index in [1.54, 1.807) is 0 Å². The number of benzene rings is 1. The second kappa shape index (κ2) is 7.09. The first kappa shape index (κ1) is 15.4. The van der Waals surface area contributed by atoms with Gasteiger partial charge in [0.15, 0.2) is 5.78 Å². The summed E-state index contributed by atoms with van der Waals surface area (Å²) < 4.78 is 0. The monoisotopic (exact) mass is 257 g/mol. The van der Waals surface area contributed by atoms with Gasteiger partial charge in [0.2, 0.25) is 0 Å². The van der Waals surface area contributed by atoms with Gasteiger partial charge in [-0.15, -0.1) is 0 Å². The number of carbonyl (C=O) groups is 1. The van der Waals surface area contributed by atoms with Gasteiger partial charge in [-0.2, -0.15) is 5.26 Å². The fourth-order valence-corrected chi connectivity index (χ4v) is 2.01. The van der Waals surface area contributed by atoms with Crippen LogP contribution < -0.4 is 0 Å². The van der Waals surface area contributed by atoms with Crippen molar-refractivity contribution in [2.75, 3.05) is 0 Å². The molecular formula is C17H23NO. The van der Waals surface area contributed by atoms with Crippen molar-refractivity contribution in [1.29, 1.82) is 5.26 Å². The Kier molecular flexibility index (Phi) is 5.76. The predicted molar refractivity (Wildman–Crippen MR) is 78.0 cm³/mol. The first-order valence-corrected chi connectivity index (χ1v) is 7.01. The smallest absolute Gasteiger partial charge is 0.154 e. The molecule has 0 saturated heterocycles. The molecule has 1 aromatic carbocycles. The fraction of sp³-hybridized carbons (Fsp3) is 0.529. The minimum absolute atomic E-state index is 0.0362. The Labute approximate surface area is 116 Å². The summed E-state index contributed by atoms with van der Waals surface area (Å²) >= 11 is 0. The Morgan fingerprint density at radius 1 is 1.16 bits per heavy atom. The third-order valence-corrected chi connectivity index (χ3v) is 3.63. The number of nitriles is 1. The van der Waals surface area contributed by atoms with Crippen LogP contribution in [0.3, 0.4) is 0 Å². The van der Waals surface area contributed by atoms with Crippen LogP contribution in [-0.2, 0) is 4.79 Å². The lowest BCUT2D eigenvalue weighted by molar-refractivity contribution is -0.120. The maximum Gasteiger partial charge on any atom is 0.154 e. The zero-order valence-electron chi connectivity index (χ0n) is 12.3. The molecule has 0 heterocycles. The average Bonchev–Trinajstić information content (AvgIpc) is 2.40. The molecule has 0 bridgehead atoms. The highest BCUT2D eigenvalue weighted by Gasteiger charge is 2.21. The number of rotatable bonds is 6. The number of Topliss-reactive ketones (excluding diaryl/α,β-unsaturated/α-hetero) is 1. The Bertz CT molecular complexity index is 453. The summed E-state index contributed by atoms with van der Waals surface area (Å²) in [7, 11) is 0. The van der Waals surface area contributed by atoms with Gasteiger partial charge >= 0.3 is 0 Å². The molecule has 2 atom stereocenters. The van der Waals surface area contributed by atoms with Crippen molar-refractivity contribution >= 4 is 5.78 Å². The van der Waals surface area contributed by atoms with E-state index in [1.807, 2.05) is 31.2 Å². The molecule has 102 valence electrons. The van der Waals surface area contributed by atoms with Crippen LogP contribution in [0.2, 0.25) is 0 Å². The molecule has 2 unspecified atom stereocenters. The molecule has 2 nitrogen and oxygen atoms in total. The lowest BCUT2D eigenvalue weighted by Gasteiger charge is -2.13. The standard InChI is InChI=1S/C17H23NO/c1-5-13(4)10-17(19)16(11-18)15-8-6-14(7-9-15)12(2)3/h6-9,12-13,16H,5,10H2,1-4H3. The van der Waals surface area contributed by atoms with E-state index in [0.29, 0.717) is 18.3 Å². The number of carbonyl (C=O) groups excluding carboxylic acids is 1.